The minimum atomic E-state index is -4.49. The monoisotopic (exact) mass is 551 g/mol. The highest BCUT2D eigenvalue weighted by molar-refractivity contribution is 6.32. The van der Waals surface area contributed by atoms with Gasteiger partial charge in [0.2, 0.25) is 5.91 Å². The number of amidine groups is 1. The normalized spacial score (nSPS) is 14.4. The molecule has 0 saturated carbocycles. The summed E-state index contributed by atoms with van der Waals surface area (Å²) < 4.78 is 49.6. The summed E-state index contributed by atoms with van der Waals surface area (Å²) in [5.41, 5.74) is 6.94. The van der Waals surface area contributed by atoms with Crippen molar-refractivity contribution in [2.45, 2.75) is 12.6 Å². The molecular weight excluding hydrogens is 523 g/mol. The van der Waals surface area contributed by atoms with Crippen molar-refractivity contribution in [1.29, 1.82) is 0 Å². The summed E-state index contributed by atoms with van der Waals surface area (Å²) in [6.45, 7) is 1.36. The zero-order chi connectivity index (χ0) is 27.9. The Hall–Kier alpha value is -3.70. The van der Waals surface area contributed by atoms with Crippen LogP contribution >= 0.6 is 11.6 Å². The molecule has 4 N–H and O–H groups in total. The molecule has 0 radical (unpaired) electrons. The molecule has 2 aromatic rings. The molecule has 0 fully saturated rings. The summed E-state index contributed by atoms with van der Waals surface area (Å²) in [6, 6.07) is 9.04. The zero-order valence-electron chi connectivity index (χ0n) is 21.2. The van der Waals surface area contributed by atoms with Gasteiger partial charge in [-0.3, -0.25) is 4.79 Å². The van der Waals surface area contributed by atoms with Crippen molar-refractivity contribution in [2.24, 2.45) is 10.7 Å². The highest BCUT2D eigenvalue weighted by Gasteiger charge is 2.30. The number of carbonyl (C=O) groups is 1. The van der Waals surface area contributed by atoms with E-state index in [1.165, 1.54) is 24.3 Å². The number of aliphatic imine (C=N–C) groups is 1. The Balaban J connectivity index is 1.86. The number of hydrogen-bond acceptors (Lipinski definition) is 6. The van der Waals surface area contributed by atoms with Crippen molar-refractivity contribution in [2.75, 3.05) is 40.9 Å². The minimum Gasteiger partial charge on any atom is -0.456 e. The SMILES string of the molecule is CNC1=C(C(N)=Nc2ccc(Oc3cccc(C(F)(F)F)c3)c(Cl)c2)C=C(C(=O)N(C)CCOC)CCN1. The van der Waals surface area contributed by atoms with Gasteiger partial charge in [-0.15, -0.1) is 0 Å². The molecule has 0 aliphatic carbocycles. The van der Waals surface area contributed by atoms with Crippen molar-refractivity contribution >= 4 is 29.0 Å². The number of nitrogens with two attached hydrogens (primary N) is 1. The van der Waals surface area contributed by atoms with Crippen LogP contribution in [0.5, 0.6) is 11.5 Å². The maximum atomic E-state index is 13.0. The van der Waals surface area contributed by atoms with Gasteiger partial charge in [-0.2, -0.15) is 13.2 Å². The number of ether oxygens (including phenoxy) is 2. The third-order valence-corrected chi connectivity index (χ3v) is 5.91. The van der Waals surface area contributed by atoms with Gasteiger partial charge in [0.1, 0.15) is 23.2 Å². The maximum absolute atomic E-state index is 13.0. The maximum Gasteiger partial charge on any atom is 0.416 e. The molecule has 0 unspecified atom stereocenters. The predicted octanol–water partition coefficient (Wildman–Crippen LogP) is 4.60. The number of likely N-dealkylation sites (N-methyl/N-ethyl adjacent to an activating group) is 1. The highest BCUT2D eigenvalue weighted by atomic mass is 35.5. The number of carbonyl (C=O) groups excluding carboxylic acids is 1. The molecule has 0 saturated heterocycles. The van der Waals surface area contributed by atoms with Gasteiger partial charge < -0.3 is 30.7 Å². The van der Waals surface area contributed by atoms with Crippen molar-refractivity contribution in [3.8, 4) is 11.5 Å². The summed E-state index contributed by atoms with van der Waals surface area (Å²) in [6.07, 6.45) is -2.32. The number of alkyl halides is 3. The van der Waals surface area contributed by atoms with Gasteiger partial charge in [-0.25, -0.2) is 4.99 Å². The zero-order valence-corrected chi connectivity index (χ0v) is 21.9. The Morgan fingerprint density at radius 1 is 1.26 bits per heavy atom. The second-order valence-corrected chi connectivity index (χ2v) is 8.75. The van der Waals surface area contributed by atoms with Crippen LogP contribution in [0.1, 0.15) is 12.0 Å². The Morgan fingerprint density at radius 2 is 2.03 bits per heavy atom. The lowest BCUT2D eigenvalue weighted by Crippen LogP contribution is -2.31. The molecule has 1 aliphatic rings. The quantitative estimate of drug-likeness (QED) is 0.311. The van der Waals surface area contributed by atoms with Gasteiger partial charge in [0, 0.05) is 39.9 Å². The fraction of sp³-hybridized carbons (Fsp3) is 0.308. The lowest BCUT2D eigenvalue weighted by molar-refractivity contribution is -0.137. The van der Waals surface area contributed by atoms with Crippen molar-refractivity contribution in [3.63, 3.8) is 0 Å². The van der Waals surface area contributed by atoms with Gasteiger partial charge >= 0.3 is 6.18 Å². The molecule has 2 aromatic carbocycles. The first kappa shape index (κ1) is 28.9. The van der Waals surface area contributed by atoms with Crippen molar-refractivity contribution in [3.05, 3.63) is 76.1 Å². The van der Waals surface area contributed by atoms with Crippen molar-refractivity contribution in [1.82, 2.24) is 15.5 Å². The molecule has 38 heavy (non-hydrogen) atoms. The number of nitrogens with one attached hydrogen (secondary N) is 2. The smallest absolute Gasteiger partial charge is 0.416 e. The molecule has 1 amide bonds. The number of halogens is 4. The van der Waals surface area contributed by atoms with Gasteiger partial charge in [0.15, 0.2) is 0 Å². The van der Waals surface area contributed by atoms with Crippen LogP contribution in [0.2, 0.25) is 5.02 Å². The first-order chi connectivity index (χ1) is 18.0. The summed E-state index contributed by atoms with van der Waals surface area (Å²) in [5.74, 6) is 0.719. The van der Waals surface area contributed by atoms with Crippen LogP contribution in [0, 0.1) is 0 Å². The van der Waals surface area contributed by atoms with Crippen LogP contribution in [0.15, 0.2) is 70.5 Å². The molecule has 8 nitrogen and oxygen atoms in total. The lowest BCUT2D eigenvalue weighted by Gasteiger charge is -2.18. The summed E-state index contributed by atoms with van der Waals surface area (Å²) in [5, 5.41) is 6.38. The molecule has 0 spiro atoms. The van der Waals surface area contributed by atoms with E-state index >= 15 is 0 Å². The Labute approximate surface area is 223 Å². The number of amides is 1. The topological polar surface area (TPSA) is 101 Å². The van der Waals surface area contributed by atoms with E-state index in [0.717, 1.165) is 12.1 Å². The van der Waals surface area contributed by atoms with Gasteiger partial charge in [-0.05, 0) is 48.9 Å². The van der Waals surface area contributed by atoms with Gasteiger partial charge in [-0.1, -0.05) is 17.7 Å². The summed E-state index contributed by atoms with van der Waals surface area (Å²) in [7, 11) is 4.99. The molecule has 12 heteroatoms. The van der Waals surface area contributed by atoms with Gasteiger partial charge in [0.05, 0.1) is 28.5 Å². The third-order valence-electron chi connectivity index (χ3n) is 5.62. The van der Waals surface area contributed by atoms with Gasteiger partial charge in [0.25, 0.3) is 0 Å². The van der Waals surface area contributed by atoms with Crippen LogP contribution in [0.4, 0.5) is 18.9 Å². The molecule has 0 atom stereocenters. The Kier molecular flexibility index (Phi) is 9.65. The van der Waals surface area contributed by atoms with Crippen LogP contribution in [-0.2, 0) is 15.7 Å². The summed E-state index contributed by atoms with van der Waals surface area (Å²) >= 11 is 6.34. The van der Waals surface area contributed by atoms with Crippen LogP contribution in [0.25, 0.3) is 0 Å². The van der Waals surface area contributed by atoms with E-state index in [1.54, 1.807) is 38.2 Å². The largest absolute Gasteiger partial charge is 0.456 e. The van der Waals surface area contributed by atoms with Crippen LogP contribution in [-0.4, -0.2) is 57.5 Å². The first-order valence-electron chi connectivity index (χ1n) is 11.6. The predicted molar refractivity (Wildman–Crippen MR) is 141 cm³/mol. The average Bonchev–Trinajstić information content (AvgIpc) is 3.11. The molecule has 204 valence electrons. The fourth-order valence-corrected chi connectivity index (χ4v) is 3.82. The Morgan fingerprint density at radius 3 is 2.68 bits per heavy atom. The first-order valence-corrected chi connectivity index (χ1v) is 12.0. The third kappa shape index (κ3) is 7.42. The van der Waals surface area contributed by atoms with E-state index in [1.807, 2.05) is 0 Å². The molecule has 0 bridgehead atoms. The Bertz CT molecular complexity index is 1260. The summed E-state index contributed by atoms with van der Waals surface area (Å²) in [4.78, 5) is 19.0. The molecular formula is C26H29ClF3N5O3. The fourth-order valence-electron chi connectivity index (χ4n) is 3.61. The van der Waals surface area contributed by atoms with E-state index in [2.05, 4.69) is 15.6 Å². The van der Waals surface area contributed by atoms with E-state index in [4.69, 9.17) is 26.8 Å². The number of hydrogen-bond donors (Lipinski definition) is 3. The number of rotatable bonds is 9. The number of nitrogens with zero attached hydrogens (tertiary/aromatic N) is 2. The number of benzene rings is 2. The molecule has 1 heterocycles. The highest BCUT2D eigenvalue weighted by Crippen LogP contribution is 2.36. The molecule has 1 aliphatic heterocycles. The second-order valence-electron chi connectivity index (χ2n) is 8.34. The lowest BCUT2D eigenvalue weighted by atomic mass is 10.1. The van der Waals surface area contributed by atoms with E-state index < -0.39 is 11.7 Å². The average molecular weight is 552 g/mol. The standard InChI is InChI=1S/C26H29ClF3N5O3/c1-32-24-20(13-16(9-10-33-24)25(36)35(2)11-12-37-3)23(31)34-18-7-8-22(21(27)15-18)38-19-6-4-5-17(14-19)26(28,29)30/h4-8,13-15,32-33H,9-12H2,1-3H3,(H2,31,34). The van der Waals surface area contributed by atoms with E-state index in [0.29, 0.717) is 48.8 Å². The van der Waals surface area contributed by atoms with Crippen molar-refractivity contribution < 1.29 is 27.4 Å². The van der Waals surface area contributed by atoms with Crippen LogP contribution < -0.4 is 21.1 Å². The minimum absolute atomic E-state index is 0.0105. The van der Waals surface area contributed by atoms with E-state index in [9.17, 15) is 18.0 Å². The van der Waals surface area contributed by atoms with E-state index in [-0.39, 0.29) is 28.3 Å². The van der Waals surface area contributed by atoms with Crippen LogP contribution in [0.3, 0.4) is 0 Å². The second kappa shape index (κ2) is 12.7. The molecule has 3 rings (SSSR count). The number of methoxy groups -OCH3 is 1. The molecule has 0 aromatic heterocycles.